The van der Waals surface area contributed by atoms with Gasteiger partial charge in [0.2, 0.25) is 0 Å². The van der Waals surface area contributed by atoms with E-state index in [2.05, 4.69) is 0 Å². The summed E-state index contributed by atoms with van der Waals surface area (Å²) in [6.07, 6.45) is 0. The molecule has 1 aromatic carbocycles. The lowest BCUT2D eigenvalue weighted by molar-refractivity contribution is 0.484. The maximum atomic E-state index is 9.37. The lowest BCUT2D eigenvalue weighted by Crippen LogP contribution is -1.68. The monoisotopic (exact) mass is 218 g/mol. The van der Waals surface area contributed by atoms with Crippen molar-refractivity contribution in [2.45, 2.75) is 0 Å². The molecule has 2 aromatic rings. The fraction of sp³-hybridized carbons (Fsp3) is 0. The molecule has 12 heavy (non-hydrogen) atoms. The highest BCUT2D eigenvalue weighted by atomic mass is 35.5. The van der Waals surface area contributed by atoms with Crippen LogP contribution in [0.1, 0.15) is 0 Å². The molecule has 0 saturated heterocycles. The number of aromatic hydroxyl groups is 1. The average molecular weight is 219 g/mol. The van der Waals surface area contributed by atoms with Crippen LogP contribution in [0, 0.1) is 0 Å². The molecule has 0 radical (unpaired) electrons. The molecule has 0 aliphatic rings. The van der Waals surface area contributed by atoms with Crippen molar-refractivity contribution < 1.29 is 5.11 Å². The Morgan fingerprint density at radius 2 is 2.00 bits per heavy atom. The number of hydrogen-bond acceptors (Lipinski definition) is 2. The van der Waals surface area contributed by atoms with Crippen LogP contribution in [0.5, 0.6) is 5.75 Å². The Labute approximate surface area is 83.2 Å². The van der Waals surface area contributed by atoms with Gasteiger partial charge in [-0.2, -0.15) is 0 Å². The van der Waals surface area contributed by atoms with Crippen molar-refractivity contribution in [3.8, 4) is 5.75 Å². The molecule has 0 spiro atoms. The van der Waals surface area contributed by atoms with Crippen molar-refractivity contribution in [1.82, 2.24) is 0 Å². The van der Waals surface area contributed by atoms with E-state index in [0.717, 1.165) is 4.70 Å². The van der Waals surface area contributed by atoms with E-state index < -0.39 is 0 Å². The predicted molar refractivity (Wildman–Crippen MR) is 53.5 cm³/mol. The van der Waals surface area contributed by atoms with Gasteiger partial charge in [-0.1, -0.05) is 23.2 Å². The molecule has 2 rings (SSSR count). The van der Waals surface area contributed by atoms with E-state index in [0.29, 0.717) is 15.4 Å². The molecule has 0 aliphatic heterocycles. The van der Waals surface area contributed by atoms with Gasteiger partial charge in [0, 0.05) is 15.1 Å². The summed E-state index contributed by atoms with van der Waals surface area (Å²) in [4.78, 5) is 0. The predicted octanol–water partition coefficient (Wildman–Crippen LogP) is 3.91. The van der Waals surface area contributed by atoms with Crippen molar-refractivity contribution in [2.75, 3.05) is 0 Å². The molecule has 0 atom stereocenters. The Bertz CT molecular complexity index is 436. The van der Waals surface area contributed by atoms with E-state index in [-0.39, 0.29) is 5.75 Å². The first-order valence-corrected chi connectivity index (χ1v) is 4.87. The average Bonchev–Trinajstić information content (AvgIpc) is 2.31. The maximum absolute atomic E-state index is 9.37. The van der Waals surface area contributed by atoms with Gasteiger partial charge in [0.05, 0.1) is 10.4 Å². The number of fused-ring (bicyclic) bond motifs is 1. The lowest BCUT2D eigenvalue weighted by atomic mass is 10.2. The van der Waals surface area contributed by atoms with Gasteiger partial charge in [-0.15, -0.1) is 11.3 Å². The third-order valence-electron chi connectivity index (χ3n) is 1.57. The number of rotatable bonds is 0. The zero-order valence-corrected chi connectivity index (χ0v) is 8.17. The van der Waals surface area contributed by atoms with Gasteiger partial charge in [-0.25, -0.2) is 0 Å². The first-order chi connectivity index (χ1) is 5.68. The molecule has 0 amide bonds. The Balaban J connectivity index is 2.93. The van der Waals surface area contributed by atoms with E-state index in [1.807, 2.05) is 0 Å². The number of benzene rings is 1. The minimum atomic E-state index is 0.219. The van der Waals surface area contributed by atoms with E-state index in [4.69, 9.17) is 23.2 Å². The van der Waals surface area contributed by atoms with Crippen LogP contribution in [-0.2, 0) is 0 Å². The largest absolute Gasteiger partial charge is 0.506 e. The highest BCUT2D eigenvalue weighted by Crippen LogP contribution is 2.38. The van der Waals surface area contributed by atoms with E-state index in [9.17, 15) is 5.11 Å². The minimum absolute atomic E-state index is 0.219. The topological polar surface area (TPSA) is 20.2 Å². The summed E-state index contributed by atoms with van der Waals surface area (Å²) in [5.74, 6) is 0.219. The molecule has 1 N–H and O–H groups in total. The molecule has 0 bridgehead atoms. The fourth-order valence-corrected chi connectivity index (χ4v) is 2.66. The third-order valence-corrected chi connectivity index (χ3v) is 3.01. The van der Waals surface area contributed by atoms with Crippen LogP contribution in [0.2, 0.25) is 10.0 Å². The molecule has 4 heteroatoms. The SMILES string of the molecule is Oc1csc2cc(Cl)cc(Cl)c12. The van der Waals surface area contributed by atoms with Crippen molar-refractivity contribution in [3.05, 3.63) is 27.6 Å². The van der Waals surface area contributed by atoms with Crippen molar-refractivity contribution in [1.29, 1.82) is 0 Å². The zero-order chi connectivity index (χ0) is 8.72. The van der Waals surface area contributed by atoms with Crippen molar-refractivity contribution >= 4 is 44.6 Å². The Morgan fingerprint density at radius 1 is 1.25 bits per heavy atom. The second-order valence-electron chi connectivity index (χ2n) is 2.38. The summed E-state index contributed by atoms with van der Waals surface area (Å²) in [5, 5.41) is 12.8. The zero-order valence-electron chi connectivity index (χ0n) is 5.84. The van der Waals surface area contributed by atoms with Crippen molar-refractivity contribution in [3.63, 3.8) is 0 Å². The lowest BCUT2D eigenvalue weighted by Gasteiger charge is -1.95. The van der Waals surface area contributed by atoms with Gasteiger partial charge in [0.25, 0.3) is 0 Å². The van der Waals surface area contributed by atoms with Gasteiger partial charge < -0.3 is 5.11 Å². The Hall–Kier alpha value is -0.440. The molecular formula is C8H4Cl2OS. The summed E-state index contributed by atoms with van der Waals surface area (Å²) in [6.45, 7) is 0. The molecule has 0 saturated carbocycles. The number of hydrogen-bond donors (Lipinski definition) is 1. The highest BCUT2D eigenvalue weighted by molar-refractivity contribution is 7.17. The fourth-order valence-electron chi connectivity index (χ4n) is 1.07. The van der Waals surface area contributed by atoms with Gasteiger partial charge in [-0.05, 0) is 12.1 Å². The van der Waals surface area contributed by atoms with Crippen LogP contribution in [0.3, 0.4) is 0 Å². The summed E-state index contributed by atoms with van der Waals surface area (Å²) in [7, 11) is 0. The van der Waals surface area contributed by atoms with Gasteiger partial charge in [-0.3, -0.25) is 0 Å². The number of halogens is 2. The van der Waals surface area contributed by atoms with Gasteiger partial charge in [0.1, 0.15) is 5.75 Å². The molecule has 62 valence electrons. The second kappa shape index (κ2) is 2.80. The molecule has 1 aromatic heterocycles. The molecule has 1 heterocycles. The summed E-state index contributed by atoms with van der Waals surface area (Å²) in [6, 6.07) is 3.41. The normalized spacial score (nSPS) is 10.8. The summed E-state index contributed by atoms with van der Waals surface area (Å²) < 4.78 is 0.907. The van der Waals surface area contributed by atoms with Crippen LogP contribution >= 0.6 is 34.5 Å². The van der Waals surface area contributed by atoms with E-state index >= 15 is 0 Å². The van der Waals surface area contributed by atoms with Crippen LogP contribution < -0.4 is 0 Å². The quantitative estimate of drug-likeness (QED) is 0.711. The molecule has 0 aliphatic carbocycles. The molecule has 0 fully saturated rings. The molecular weight excluding hydrogens is 215 g/mol. The van der Waals surface area contributed by atoms with Crippen LogP contribution in [0.25, 0.3) is 10.1 Å². The van der Waals surface area contributed by atoms with Gasteiger partial charge >= 0.3 is 0 Å². The molecule has 0 unspecified atom stereocenters. The second-order valence-corrected chi connectivity index (χ2v) is 4.14. The van der Waals surface area contributed by atoms with E-state index in [1.165, 1.54) is 11.3 Å². The summed E-state index contributed by atoms with van der Waals surface area (Å²) in [5.41, 5.74) is 0. The maximum Gasteiger partial charge on any atom is 0.135 e. The Kier molecular flexibility index (Phi) is 1.91. The smallest absolute Gasteiger partial charge is 0.135 e. The standard InChI is InChI=1S/C8H4Cl2OS/c9-4-1-5(10)8-6(11)3-12-7(8)2-4/h1-3,11H. The summed E-state index contributed by atoms with van der Waals surface area (Å²) >= 11 is 13.1. The third kappa shape index (κ3) is 1.16. The Morgan fingerprint density at radius 3 is 2.75 bits per heavy atom. The molecule has 1 nitrogen and oxygen atoms in total. The van der Waals surface area contributed by atoms with Gasteiger partial charge in [0.15, 0.2) is 0 Å². The highest BCUT2D eigenvalue weighted by Gasteiger charge is 2.07. The van der Waals surface area contributed by atoms with Crippen LogP contribution in [0.4, 0.5) is 0 Å². The first-order valence-electron chi connectivity index (χ1n) is 3.23. The number of thiophene rings is 1. The van der Waals surface area contributed by atoms with E-state index in [1.54, 1.807) is 17.5 Å². The van der Waals surface area contributed by atoms with Crippen LogP contribution in [-0.4, -0.2) is 5.11 Å². The minimum Gasteiger partial charge on any atom is -0.506 e. The first kappa shape index (κ1) is 8.17. The van der Waals surface area contributed by atoms with Crippen molar-refractivity contribution in [2.24, 2.45) is 0 Å². The van der Waals surface area contributed by atoms with Crippen LogP contribution in [0.15, 0.2) is 17.5 Å².